The van der Waals surface area contributed by atoms with Crippen LogP contribution in [0.5, 0.6) is 0 Å². The SMILES string of the molecule is CC(O)CN(C)C(=O)NC1CCC(C(F)(F)F)CC1. The molecule has 0 saturated heterocycles. The summed E-state index contributed by atoms with van der Waals surface area (Å²) in [5.41, 5.74) is 0. The monoisotopic (exact) mass is 282 g/mol. The van der Waals surface area contributed by atoms with E-state index < -0.39 is 18.2 Å². The fourth-order valence-electron chi connectivity index (χ4n) is 2.33. The third kappa shape index (κ3) is 5.26. The van der Waals surface area contributed by atoms with Crippen LogP contribution in [-0.4, -0.2) is 48.0 Å². The summed E-state index contributed by atoms with van der Waals surface area (Å²) in [7, 11) is 1.55. The normalized spacial score (nSPS) is 25.8. The summed E-state index contributed by atoms with van der Waals surface area (Å²) in [6.07, 6.45) is -3.94. The lowest BCUT2D eigenvalue weighted by Crippen LogP contribution is -2.47. The number of aliphatic hydroxyl groups is 1. The predicted molar refractivity (Wildman–Crippen MR) is 64.6 cm³/mol. The van der Waals surface area contributed by atoms with Crippen LogP contribution >= 0.6 is 0 Å². The molecule has 1 rings (SSSR count). The number of alkyl halides is 3. The Morgan fingerprint density at radius 3 is 2.32 bits per heavy atom. The molecule has 1 saturated carbocycles. The zero-order chi connectivity index (χ0) is 14.6. The van der Waals surface area contributed by atoms with Crippen LogP contribution in [0.2, 0.25) is 0 Å². The van der Waals surface area contributed by atoms with E-state index in [1.54, 1.807) is 14.0 Å². The minimum absolute atomic E-state index is 0.0641. The second-order valence-electron chi connectivity index (χ2n) is 5.27. The summed E-state index contributed by atoms with van der Waals surface area (Å²) in [6, 6.07) is -0.557. The van der Waals surface area contributed by atoms with E-state index in [0.29, 0.717) is 12.8 Å². The first kappa shape index (κ1) is 16.1. The largest absolute Gasteiger partial charge is 0.392 e. The van der Waals surface area contributed by atoms with Gasteiger partial charge in [-0.25, -0.2) is 4.79 Å². The molecule has 1 aliphatic rings. The van der Waals surface area contributed by atoms with Gasteiger partial charge in [-0.3, -0.25) is 0 Å². The topological polar surface area (TPSA) is 52.6 Å². The summed E-state index contributed by atoms with van der Waals surface area (Å²) in [4.78, 5) is 13.0. The van der Waals surface area contributed by atoms with E-state index in [1.165, 1.54) is 4.90 Å². The highest BCUT2D eigenvalue weighted by molar-refractivity contribution is 5.74. The van der Waals surface area contributed by atoms with Crippen molar-refractivity contribution >= 4 is 6.03 Å². The van der Waals surface area contributed by atoms with Gasteiger partial charge in [0.15, 0.2) is 0 Å². The number of carbonyl (C=O) groups excluding carboxylic acids is 1. The standard InChI is InChI=1S/C12H21F3N2O2/c1-8(18)7-17(2)11(19)16-10-5-3-9(4-6-10)12(13,14)15/h8-10,18H,3-7H2,1-2H3,(H,16,19). The van der Waals surface area contributed by atoms with Crippen molar-refractivity contribution in [1.29, 1.82) is 0 Å². The van der Waals surface area contributed by atoms with E-state index in [0.717, 1.165) is 0 Å². The molecule has 0 bridgehead atoms. The average Bonchev–Trinajstić information content (AvgIpc) is 2.27. The second kappa shape index (κ2) is 6.45. The number of hydrogen-bond donors (Lipinski definition) is 2. The third-order valence-electron chi connectivity index (χ3n) is 3.40. The molecule has 19 heavy (non-hydrogen) atoms. The summed E-state index contributed by atoms with van der Waals surface area (Å²) < 4.78 is 37.4. The van der Waals surface area contributed by atoms with Crippen molar-refractivity contribution in [3.63, 3.8) is 0 Å². The Labute approximate surface area is 111 Å². The van der Waals surface area contributed by atoms with Crippen molar-refractivity contribution in [3.8, 4) is 0 Å². The van der Waals surface area contributed by atoms with Gasteiger partial charge in [0.25, 0.3) is 0 Å². The van der Waals surface area contributed by atoms with Crippen LogP contribution in [-0.2, 0) is 0 Å². The van der Waals surface area contributed by atoms with Crippen molar-refractivity contribution in [1.82, 2.24) is 10.2 Å². The molecule has 4 nitrogen and oxygen atoms in total. The number of aliphatic hydroxyl groups excluding tert-OH is 1. The van der Waals surface area contributed by atoms with Gasteiger partial charge < -0.3 is 15.3 Å². The Kier molecular flexibility index (Phi) is 5.46. The van der Waals surface area contributed by atoms with Gasteiger partial charge in [0.1, 0.15) is 0 Å². The predicted octanol–water partition coefficient (Wildman–Crippen LogP) is 2.13. The first-order valence-corrected chi connectivity index (χ1v) is 6.46. The zero-order valence-corrected chi connectivity index (χ0v) is 11.2. The molecule has 0 heterocycles. The quantitative estimate of drug-likeness (QED) is 0.833. The summed E-state index contributed by atoms with van der Waals surface area (Å²) in [5.74, 6) is -1.24. The second-order valence-corrected chi connectivity index (χ2v) is 5.27. The van der Waals surface area contributed by atoms with Crippen molar-refractivity contribution in [2.24, 2.45) is 5.92 Å². The number of urea groups is 1. The molecule has 1 aliphatic carbocycles. The molecule has 112 valence electrons. The van der Waals surface area contributed by atoms with Crippen molar-refractivity contribution in [2.45, 2.75) is 50.9 Å². The van der Waals surface area contributed by atoms with Crippen LogP contribution in [0.3, 0.4) is 0 Å². The van der Waals surface area contributed by atoms with Crippen molar-refractivity contribution < 1.29 is 23.1 Å². The highest BCUT2D eigenvalue weighted by Crippen LogP contribution is 2.37. The minimum atomic E-state index is -4.13. The van der Waals surface area contributed by atoms with Crippen molar-refractivity contribution in [3.05, 3.63) is 0 Å². The van der Waals surface area contributed by atoms with Crippen LogP contribution in [0.25, 0.3) is 0 Å². The van der Waals surface area contributed by atoms with Crippen LogP contribution in [0.15, 0.2) is 0 Å². The maximum Gasteiger partial charge on any atom is 0.391 e. The maximum absolute atomic E-state index is 12.5. The lowest BCUT2D eigenvalue weighted by Gasteiger charge is -2.31. The molecule has 1 unspecified atom stereocenters. The number of amides is 2. The molecular formula is C12H21F3N2O2. The molecule has 0 aromatic carbocycles. The molecule has 7 heteroatoms. The van der Waals surface area contributed by atoms with E-state index in [4.69, 9.17) is 5.11 Å². The fraction of sp³-hybridized carbons (Fsp3) is 0.917. The van der Waals surface area contributed by atoms with Gasteiger partial charge in [-0.1, -0.05) is 0 Å². The molecule has 1 atom stereocenters. The smallest absolute Gasteiger partial charge is 0.391 e. The molecule has 2 amide bonds. The number of likely N-dealkylation sites (N-methyl/N-ethyl adjacent to an activating group) is 1. The van der Waals surface area contributed by atoms with Crippen molar-refractivity contribution in [2.75, 3.05) is 13.6 Å². The molecule has 1 fully saturated rings. The summed E-state index contributed by atoms with van der Waals surface area (Å²) in [6.45, 7) is 1.77. The van der Waals surface area contributed by atoms with Gasteiger partial charge in [-0.05, 0) is 32.6 Å². The highest BCUT2D eigenvalue weighted by Gasteiger charge is 2.41. The van der Waals surface area contributed by atoms with E-state index in [-0.39, 0.29) is 31.5 Å². The number of rotatable bonds is 3. The average molecular weight is 282 g/mol. The number of carbonyl (C=O) groups is 1. The van der Waals surface area contributed by atoms with Gasteiger partial charge >= 0.3 is 12.2 Å². The summed E-state index contributed by atoms with van der Waals surface area (Å²) in [5, 5.41) is 11.9. The molecule has 0 aromatic rings. The first-order chi connectivity index (χ1) is 8.70. The van der Waals surface area contributed by atoms with Crippen LogP contribution in [0.4, 0.5) is 18.0 Å². The number of hydrogen-bond acceptors (Lipinski definition) is 2. The number of halogens is 3. The highest BCUT2D eigenvalue weighted by atomic mass is 19.4. The Bertz CT molecular complexity index is 300. The van der Waals surface area contributed by atoms with Gasteiger partial charge in [0.2, 0.25) is 0 Å². The molecule has 0 radical (unpaired) electrons. The van der Waals surface area contributed by atoms with Gasteiger partial charge in [-0.15, -0.1) is 0 Å². The zero-order valence-electron chi connectivity index (χ0n) is 11.2. The third-order valence-corrected chi connectivity index (χ3v) is 3.40. The summed E-state index contributed by atoms with van der Waals surface area (Å²) >= 11 is 0. The minimum Gasteiger partial charge on any atom is -0.392 e. The molecule has 0 spiro atoms. The lowest BCUT2D eigenvalue weighted by molar-refractivity contribution is -0.182. The number of nitrogens with zero attached hydrogens (tertiary/aromatic N) is 1. The van der Waals surface area contributed by atoms with Gasteiger partial charge in [-0.2, -0.15) is 13.2 Å². The Balaban J connectivity index is 2.35. The van der Waals surface area contributed by atoms with Crippen LogP contribution < -0.4 is 5.32 Å². The van der Waals surface area contributed by atoms with E-state index in [1.807, 2.05) is 0 Å². The van der Waals surface area contributed by atoms with E-state index in [9.17, 15) is 18.0 Å². The van der Waals surface area contributed by atoms with E-state index >= 15 is 0 Å². The molecule has 0 aromatic heterocycles. The van der Waals surface area contributed by atoms with Gasteiger partial charge in [0.05, 0.1) is 12.0 Å². The van der Waals surface area contributed by atoms with Gasteiger partial charge in [0, 0.05) is 19.6 Å². The maximum atomic E-state index is 12.5. The van der Waals surface area contributed by atoms with E-state index in [2.05, 4.69) is 5.32 Å². The lowest BCUT2D eigenvalue weighted by atomic mass is 9.85. The molecular weight excluding hydrogens is 261 g/mol. The number of nitrogens with one attached hydrogen (secondary N) is 1. The Hall–Kier alpha value is -0.980. The fourth-order valence-corrected chi connectivity index (χ4v) is 2.33. The Morgan fingerprint density at radius 1 is 1.37 bits per heavy atom. The molecule has 0 aliphatic heterocycles. The molecule has 2 N–H and O–H groups in total. The van der Waals surface area contributed by atoms with Crippen LogP contribution in [0.1, 0.15) is 32.6 Å². The Morgan fingerprint density at radius 2 is 1.89 bits per heavy atom. The first-order valence-electron chi connectivity index (χ1n) is 6.46. The van der Waals surface area contributed by atoms with Crippen LogP contribution in [0, 0.1) is 5.92 Å².